The number of methoxy groups -OCH3 is 1. The van der Waals surface area contributed by atoms with Gasteiger partial charge in [-0.2, -0.15) is 0 Å². The van der Waals surface area contributed by atoms with Crippen molar-refractivity contribution < 1.29 is 9.84 Å². The van der Waals surface area contributed by atoms with E-state index in [1.54, 1.807) is 7.11 Å². The summed E-state index contributed by atoms with van der Waals surface area (Å²) in [7, 11) is 1.69. The second-order valence-electron chi connectivity index (χ2n) is 5.99. The van der Waals surface area contributed by atoms with Gasteiger partial charge in [0.25, 0.3) is 0 Å². The van der Waals surface area contributed by atoms with E-state index in [1.807, 2.05) is 55.5 Å². The first-order chi connectivity index (χ1) is 11.7. The van der Waals surface area contributed by atoms with E-state index in [1.165, 1.54) is 10.8 Å². The molecule has 3 nitrogen and oxygen atoms in total. The lowest BCUT2D eigenvalue weighted by molar-refractivity contribution is 0.135. The summed E-state index contributed by atoms with van der Waals surface area (Å²) in [4.78, 5) is 0. The van der Waals surface area contributed by atoms with E-state index in [9.17, 15) is 5.11 Å². The van der Waals surface area contributed by atoms with E-state index in [0.717, 1.165) is 16.9 Å². The van der Waals surface area contributed by atoms with Crippen molar-refractivity contribution >= 4 is 23.2 Å². The molecule has 0 radical (unpaired) electrons. The third-order valence-corrected chi connectivity index (χ3v) is 4.43. The van der Waals surface area contributed by atoms with Crippen LogP contribution in [0, 0.1) is 0 Å². The molecule has 4 heteroatoms. The van der Waals surface area contributed by atoms with Crippen molar-refractivity contribution in [2.24, 2.45) is 0 Å². The predicted molar refractivity (Wildman–Crippen MR) is 105 cm³/mol. The molecule has 0 amide bonds. The number of benzene rings is 3. The SMILES string of the molecule is COc1ccc2ccccc2c1CNC(C)C(O)c1ccccc1.Cl. The average Bonchev–Trinajstić information content (AvgIpc) is 2.65. The maximum atomic E-state index is 10.5. The van der Waals surface area contributed by atoms with E-state index in [4.69, 9.17) is 4.74 Å². The fourth-order valence-corrected chi connectivity index (χ4v) is 3.00. The maximum Gasteiger partial charge on any atom is 0.123 e. The number of fused-ring (bicyclic) bond motifs is 1. The van der Waals surface area contributed by atoms with Crippen LogP contribution in [-0.2, 0) is 6.54 Å². The van der Waals surface area contributed by atoms with Crippen LogP contribution in [0.3, 0.4) is 0 Å². The Morgan fingerprint density at radius 2 is 1.64 bits per heavy atom. The summed E-state index contributed by atoms with van der Waals surface area (Å²) in [6.45, 7) is 2.63. The Bertz CT molecular complexity index is 807. The highest BCUT2D eigenvalue weighted by Gasteiger charge is 2.17. The highest BCUT2D eigenvalue weighted by Crippen LogP contribution is 2.28. The van der Waals surface area contributed by atoms with Gasteiger partial charge in [0.05, 0.1) is 13.2 Å². The summed E-state index contributed by atoms with van der Waals surface area (Å²) in [5.74, 6) is 0.864. The summed E-state index contributed by atoms with van der Waals surface area (Å²) in [5, 5.41) is 16.3. The molecule has 3 aromatic carbocycles. The number of hydrogen-bond donors (Lipinski definition) is 2. The molecule has 2 atom stereocenters. The molecule has 0 aromatic heterocycles. The lowest BCUT2D eigenvalue weighted by atomic mass is 10.0. The lowest BCUT2D eigenvalue weighted by Crippen LogP contribution is -2.31. The molecule has 0 fully saturated rings. The fraction of sp³-hybridized carbons (Fsp3) is 0.238. The predicted octanol–water partition coefficient (Wildman–Crippen LogP) is 4.48. The minimum atomic E-state index is -0.549. The van der Waals surface area contributed by atoms with Gasteiger partial charge < -0.3 is 15.2 Å². The van der Waals surface area contributed by atoms with Gasteiger partial charge in [-0.15, -0.1) is 12.4 Å². The summed E-state index contributed by atoms with van der Waals surface area (Å²) in [5.41, 5.74) is 2.03. The molecule has 0 saturated carbocycles. The standard InChI is InChI=1S/C21H23NO2.ClH/c1-15(21(23)17-9-4-3-5-10-17)22-14-19-18-11-7-6-8-16(18)12-13-20(19)24-2;/h3-13,15,21-23H,14H2,1-2H3;1H. The topological polar surface area (TPSA) is 41.5 Å². The first kappa shape index (κ1) is 19.3. The number of aliphatic hydroxyl groups is 1. The van der Waals surface area contributed by atoms with Crippen LogP contribution in [0.4, 0.5) is 0 Å². The Morgan fingerprint density at radius 1 is 0.960 bits per heavy atom. The Morgan fingerprint density at radius 3 is 2.36 bits per heavy atom. The van der Waals surface area contributed by atoms with Crippen LogP contribution in [0.2, 0.25) is 0 Å². The van der Waals surface area contributed by atoms with E-state index in [-0.39, 0.29) is 18.4 Å². The van der Waals surface area contributed by atoms with Crippen molar-refractivity contribution in [2.75, 3.05) is 7.11 Å². The van der Waals surface area contributed by atoms with Crippen molar-refractivity contribution in [3.63, 3.8) is 0 Å². The molecular weight excluding hydrogens is 334 g/mol. The third-order valence-electron chi connectivity index (χ3n) is 4.43. The Labute approximate surface area is 155 Å². The highest BCUT2D eigenvalue weighted by molar-refractivity contribution is 5.87. The number of nitrogens with one attached hydrogen (secondary N) is 1. The molecule has 0 aliphatic rings. The van der Waals surface area contributed by atoms with Crippen molar-refractivity contribution in [3.8, 4) is 5.75 Å². The number of rotatable bonds is 6. The van der Waals surface area contributed by atoms with E-state index in [0.29, 0.717) is 6.54 Å². The van der Waals surface area contributed by atoms with Crippen LogP contribution in [0.25, 0.3) is 10.8 Å². The zero-order chi connectivity index (χ0) is 16.9. The third kappa shape index (κ3) is 4.31. The minimum Gasteiger partial charge on any atom is -0.496 e. The largest absolute Gasteiger partial charge is 0.496 e. The van der Waals surface area contributed by atoms with Crippen molar-refractivity contribution in [1.29, 1.82) is 0 Å². The van der Waals surface area contributed by atoms with E-state index < -0.39 is 6.10 Å². The summed E-state index contributed by atoms with van der Waals surface area (Å²) >= 11 is 0. The van der Waals surface area contributed by atoms with E-state index in [2.05, 4.69) is 23.5 Å². The molecule has 0 aliphatic heterocycles. The van der Waals surface area contributed by atoms with Crippen molar-refractivity contribution in [2.45, 2.75) is 25.6 Å². The molecule has 2 N–H and O–H groups in total. The van der Waals surface area contributed by atoms with Gasteiger partial charge in [0.15, 0.2) is 0 Å². The van der Waals surface area contributed by atoms with Crippen LogP contribution in [0.1, 0.15) is 24.2 Å². The number of hydrogen-bond acceptors (Lipinski definition) is 3. The first-order valence-electron chi connectivity index (χ1n) is 8.21. The second kappa shape index (κ2) is 8.86. The zero-order valence-corrected chi connectivity index (χ0v) is 15.3. The van der Waals surface area contributed by atoms with Gasteiger partial charge in [-0.05, 0) is 29.3 Å². The lowest BCUT2D eigenvalue weighted by Gasteiger charge is -2.22. The summed E-state index contributed by atoms with van der Waals surface area (Å²) < 4.78 is 5.53. The molecule has 0 bridgehead atoms. The van der Waals surface area contributed by atoms with Crippen LogP contribution in [0.15, 0.2) is 66.7 Å². The molecule has 2 unspecified atom stereocenters. The highest BCUT2D eigenvalue weighted by atomic mass is 35.5. The minimum absolute atomic E-state index is 0. The number of ether oxygens (including phenoxy) is 1. The Balaban J connectivity index is 0.00000225. The molecule has 25 heavy (non-hydrogen) atoms. The fourth-order valence-electron chi connectivity index (χ4n) is 3.00. The second-order valence-corrected chi connectivity index (χ2v) is 5.99. The molecule has 3 rings (SSSR count). The number of aliphatic hydroxyl groups excluding tert-OH is 1. The molecular formula is C21H24ClNO2. The molecule has 0 saturated heterocycles. The molecule has 0 spiro atoms. The molecule has 3 aromatic rings. The summed E-state index contributed by atoms with van der Waals surface area (Å²) in [6, 6.07) is 22.0. The van der Waals surface area contributed by atoms with Gasteiger partial charge in [0.2, 0.25) is 0 Å². The number of halogens is 1. The van der Waals surface area contributed by atoms with Gasteiger partial charge in [0, 0.05) is 18.2 Å². The van der Waals surface area contributed by atoms with Gasteiger partial charge in [-0.1, -0.05) is 60.7 Å². The normalized spacial score (nSPS) is 13.1. The van der Waals surface area contributed by atoms with Crippen LogP contribution in [-0.4, -0.2) is 18.3 Å². The van der Waals surface area contributed by atoms with Crippen LogP contribution in [0.5, 0.6) is 5.75 Å². The maximum absolute atomic E-state index is 10.5. The average molecular weight is 358 g/mol. The zero-order valence-electron chi connectivity index (χ0n) is 14.5. The molecule has 0 heterocycles. The monoisotopic (exact) mass is 357 g/mol. The Kier molecular flexibility index (Phi) is 6.82. The van der Waals surface area contributed by atoms with Crippen LogP contribution >= 0.6 is 12.4 Å². The first-order valence-corrected chi connectivity index (χ1v) is 8.21. The van der Waals surface area contributed by atoms with Gasteiger partial charge in [-0.3, -0.25) is 0 Å². The van der Waals surface area contributed by atoms with Crippen LogP contribution < -0.4 is 10.1 Å². The van der Waals surface area contributed by atoms with Gasteiger partial charge >= 0.3 is 0 Å². The van der Waals surface area contributed by atoms with Crippen molar-refractivity contribution in [1.82, 2.24) is 5.32 Å². The smallest absolute Gasteiger partial charge is 0.123 e. The van der Waals surface area contributed by atoms with Gasteiger partial charge in [-0.25, -0.2) is 0 Å². The van der Waals surface area contributed by atoms with E-state index >= 15 is 0 Å². The Hall–Kier alpha value is -2.07. The quantitative estimate of drug-likeness (QED) is 0.683. The summed E-state index contributed by atoms with van der Waals surface area (Å²) in [6.07, 6.45) is -0.549. The van der Waals surface area contributed by atoms with Crippen molar-refractivity contribution in [3.05, 3.63) is 77.9 Å². The molecule has 132 valence electrons. The van der Waals surface area contributed by atoms with Gasteiger partial charge in [0.1, 0.15) is 5.75 Å². The molecule has 0 aliphatic carbocycles.